The van der Waals surface area contributed by atoms with Gasteiger partial charge in [-0.15, -0.1) is 11.8 Å². The molecule has 1 atom stereocenters. The molecular formula is C22H33BrOS. The number of unbranched alkanes of at least 4 members (excludes halogenated alkanes) is 4. The van der Waals surface area contributed by atoms with Gasteiger partial charge in [0.05, 0.1) is 11.4 Å². The molecule has 1 heterocycles. The summed E-state index contributed by atoms with van der Waals surface area (Å²) in [7, 11) is 0. The Kier molecular flexibility index (Phi) is 8.41. The SMILES string of the molecule is C/C=C/C(Br)c1cc2c(cc1OCCCCCCC)SCCC2(C)C. The Hall–Kier alpha value is -0.410. The number of benzene rings is 1. The number of halogens is 1. The third-order valence-electron chi connectivity index (χ3n) is 4.99. The molecule has 1 aromatic carbocycles. The number of hydrogen-bond donors (Lipinski definition) is 0. The first kappa shape index (κ1) is 20.9. The first-order valence-electron chi connectivity index (χ1n) is 9.70. The molecule has 2 rings (SSSR count). The highest BCUT2D eigenvalue weighted by molar-refractivity contribution is 9.09. The molecule has 0 radical (unpaired) electrons. The zero-order valence-corrected chi connectivity index (χ0v) is 18.6. The zero-order valence-electron chi connectivity index (χ0n) is 16.2. The van der Waals surface area contributed by atoms with Crippen molar-refractivity contribution in [1.29, 1.82) is 0 Å². The second kappa shape index (κ2) is 10.1. The topological polar surface area (TPSA) is 9.23 Å². The average Bonchev–Trinajstić information content (AvgIpc) is 2.57. The van der Waals surface area contributed by atoms with Crippen LogP contribution in [0.2, 0.25) is 0 Å². The van der Waals surface area contributed by atoms with Gasteiger partial charge in [-0.1, -0.05) is 74.5 Å². The van der Waals surface area contributed by atoms with Gasteiger partial charge in [0.2, 0.25) is 0 Å². The summed E-state index contributed by atoms with van der Waals surface area (Å²) in [5, 5.41) is 0. The maximum atomic E-state index is 6.24. The minimum atomic E-state index is 0.209. The van der Waals surface area contributed by atoms with Gasteiger partial charge in [0.25, 0.3) is 0 Å². The third-order valence-corrected chi connectivity index (χ3v) is 6.85. The standard InChI is InChI=1S/C22H33BrOS/c1-5-7-8-9-10-13-24-20-16-21-18(22(3,4)12-14-25-21)15-17(20)19(23)11-6-2/h6,11,15-16,19H,5,7-10,12-14H2,1-4H3/b11-6+. The number of thioether (sulfide) groups is 1. The van der Waals surface area contributed by atoms with Gasteiger partial charge >= 0.3 is 0 Å². The van der Waals surface area contributed by atoms with Crippen LogP contribution in [-0.4, -0.2) is 12.4 Å². The third kappa shape index (κ3) is 5.79. The van der Waals surface area contributed by atoms with Crippen LogP contribution >= 0.6 is 27.7 Å². The van der Waals surface area contributed by atoms with Crippen LogP contribution in [0.5, 0.6) is 5.75 Å². The van der Waals surface area contributed by atoms with Crippen LogP contribution in [0, 0.1) is 0 Å². The number of allylic oxidation sites excluding steroid dienone is 2. The van der Waals surface area contributed by atoms with E-state index in [0.29, 0.717) is 0 Å². The van der Waals surface area contributed by atoms with Crippen LogP contribution in [0.4, 0.5) is 0 Å². The molecule has 25 heavy (non-hydrogen) atoms. The van der Waals surface area contributed by atoms with Gasteiger partial charge in [-0.05, 0) is 48.6 Å². The zero-order chi connectivity index (χ0) is 18.3. The summed E-state index contributed by atoms with van der Waals surface area (Å²) in [5.41, 5.74) is 2.99. The van der Waals surface area contributed by atoms with E-state index in [0.717, 1.165) is 18.8 Å². The van der Waals surface area contributed by atoms with Crippen molar-refractivity contribution in [1.82, 2.24) is 0 Å². The molecular weight excluding hydrogens is 392 g/mol. The van der Waals surface area contributed by atoms with Crippen molar-refractivity contribution in [2.75, 3.05) is 12.4 Å². The molecule has 1 aromatic rings. The number of rotatable bonds is 9. The van der Waals surface area contributed by atoms with Crippen molar-refractivity contribution in [3.63, 3.8) is 0 Å². The first-order chi connectivity index (χ1) is 12.0. The summed E-state index contributed by atoms with van der Waals surface area (Å²) in [6.45, 7) is 9.87. The van der Waals surface area contributed by atoms with Crippen molar-refractivity contribution < 1.29 is 4.74 Å². The van der Waals surface area contributed by atoms with Crippen LogP contribution in [0.25, 0.3) is 0 Å². The van der Waals surface area contributed by atoms with Crippen molar-refractivity contribution in [2.45, 2.75) is 81.4 Å². The fourth-order valence-corrected chi connectivity index (χ4v) is 5.45. The molecule has 0 saturated heterocycles. The fraction of sp³-hybridized carbons (Fsp3) is 0.636. The van der Waals surface area contributed by atoms with E-state index in [1.807, 2.05) is 11.8 Å². The number of hydrogen-bond acceptors (Lipinski definition) is 2. The molecule has 0 bridgehead atoms. The van der Waals surface area contributed by atoms with Crippen LogP contribution in [0.3, 0.4) is 0 Å². The van der Waals surface area contributed by atoms with Crippen LogP contribution in [-0.2, 0) is 5.41 Å². The smallest absolute Gasteiger partial charge is 0.125 e. The number of alkyl halides is 1. The lowest BCUT2D eigenvalue weighted by Crippen LogP contribution is -2.23. The molecule has 0 spiro atoms. The molecule has 1 aliphatic rings. The number of fused-ring (bicyclic) bond motifs is 1. The minimum Gasteiger partial charge on any atom is -0.493 e. The van der Waals surface area contributed by atoms with E-state index in [1.54, 1.807) is 0 Å². The Balaban J connectivity index is 2.18. The average molecular weight is 425 g/mol. The lowest BCUT2D eigenvalue weighted by Gasteiger charge is -2.33. The summed E-state index contributed by atoms with van der Waals surface area (Å²) in [5.74, 6) is 2.25. The van der Waals surface area contributed by atoms with E-state index >= 15 is 0 Å². The first-order valence-corrected chi connectivity index (χ1v) is 11.6. The second-order valence-corrected chi connectivity index (χ2v) is 9.68. The summed E-state index contributed by atoms with van der Waals surface area (Å²) < 4.78 is 6.24. The van der Waals surface area contributed by atoms with Gasteiger partial charge in [0.1, 0.15) is 5.75 Å². The lowest BCUT2D eigenvalue weighted by atomic mass is 9.80. The van der Waals surface area contributed by atoms with E-state index < -0.39 is 0 Å². The minimum absolute atomic E-state index is 0.209. The predicted octanol–water partition coefficient (Wildman–Crippen LogP) is 7.82. The highest BCUT2D eigenvalue weighted by Gasteiger charge is 2.30. The molecule has 140 valence electrons. The van der Waals surface area contributed by atoms with Gasteiger partial charge in [-0.3, -0.25) is 0 Å². The summed E-state index contributed by atoms with van der Waals surface area (Å²) in [6.07, 6.45) is 11.9. The molecule has 1 nitrogen and oxygen atoms in total. The molecule has 0 amide bonds. The van der Waals surface area contributed by atoms with E-state index in [9.17, 15) is 0 Å². The highest BCUT2D eigenvalue weighted by atomic mass is 79.9. The van der Waals surface area contributed by atoms with Gasteiger partial charge in [0.15, 0.2) is 0 Å². The molecule has 3 heteroatoms. The Morgan fingerprint density at radius 1 is 1.24 bits per heavy atom. The summed E-state index contributed by atoms with van der Waals surface area (Å²) in [4.78, 5) is 1.61. The predicted molar refractivity (Wildman–Crippen MR) is 116 cm³/mol. The monoisotopic (exact) mass is 424 g/mol. The molecule has 0 N–H and O–H groups in total. The van der Waals surface area contributed by atoms with Gasteiger partial charge in [-0.2, -0.15) is 0 Å². The van der Waals surface area contributed by atoms with Crippen LogP contribution < -0.4 is 4.74 Å². The van der Waals surface area contributed by atoms with E-state index in [4.69, 9.17) is 4.74 Å². The van der Waals surface area contributed by atoms with E-state index in [-0.39, 0.29) is 10.2 Å². The molecule has 1 unspecified atom stereocenters. The van der Waals surface area contributed by atoms with E-state index in [2.05, 4.69) is 67.9 Å². The largest absolute Gasteiger partial charge is 0.493 e. The van der Waals surface area contributed by atoms with Crippen molar-refractivity contribution in [3.8, 4) is 5.75 Å². The maximum absolute atomic E-state index is 6.24. The van der Waals surface area contributed by atoms with Gasteiger partial charge in [-0.25, -0.2) is 0 Å². The highest BCUT2D eigenvalue weighted by Crippen LogP contribution is 2.46. The van der Waals surface area contributed by atoms with Crippen molar-refractivity contribution in [2.24, 2.45) is 0 Å². The normalized spacial score (nSPS) is 17.5. The Labute approximate surface area is 167 Å². The molecule has 0 aliphatic carbocycles. The van der Waals surface area contributed by atoms with Gasteiger partial charge < -0.3 is 4.74 Å². The van der Waals surface area contributed by atoms with Crippen molar-refractivity contribution >= 4 is 27.7 Å². The Morgan fingerprint density at radius 2 is 2.00 bits per heavy atom. The van der Waals surface area contributed by atoms with Crippen LogP contribution in [0.1, 0.15) is 82.2 Å². The molecule has 0 aromatic heterocycles. The fourth-order valence-electron chi connectivity index (χ4n) is 3.28. The van der Waals surface area contributed by atoms with Crippen molar-refractivity contribution in [3.05, 3.63) is 35.4 Å². The van der Waals surface area contributed by atoms with Gasteiger partial charge in [0, 0.05) is 10.5 Å². The number of ether oxygens (including phenoxy) is 1. The lowest BCUT2D eigenvalue weighted by molar-refractivity contribution is 0.301. The molecule has 0 fully saturated rings. The van der Waals surface area contributed by atoms with E-state index in [1.165, 1.54) is 53.9 Å². The quantitative estimate of drug-likeness (QED) is 0.227. The Bertz CT molecular complexity index is 580. The second-order valence-electron chi connectivity index (χ2n) is 7.56. The maximum Gasteiger partial charge on any atom is 0.125 e. The Morgan fingerprint density at radius 3 is 2.72 bits per heavy atom. The van der Waals surface area contributed by atoms with Crippen LogP contribution in [0.15, 0.2) is 29.2 Å². The summed E-state index contributed by atoms with van der Waals surface area (Å²) >= 11 is 5.81. The summed E-state index contributed by atoms with van der Waals surface area (Å²) in [6, 6.07) is 4.67. The molecule has 1 aliphatic heterocycles. The molecule has 0 saturated carbocycles.